The lowest BCUT2D eigenvalue weighted by molar-refractivity contribution is -0.940. The number of carboxylic acids is 1. The van der Waals surface area contributed by atoms with Gasteiger partial charge in [0.15, 0.2) is 6.10 Å². The van der Waals surface area contributed by atoms with Crippen LogP contribution < -0.4 is 22.7 Å². The molecule has 2 saturated heterocycles. The molecule has 2 aliphatic heterocycles. The summed E-state index contributed by atoms with van der Waals surface area (Å²) >= 11 is 0. The molecule has 9 nitrogen and oxygen atoms in total. The molecule has 0 aromatic rings. The van der Waals surface area contributed by atoms with Crippen LogP contribution in [0.1, 0.15) is 111 Å². The first-order valence-electron chi connectivity index (χ1n) is 18.2. The maximum atomic E-state index is 12.5. The highest BCUT2D eigenvalue weighted by Crippen LogP contribution is 2.67. The number of fused-ring (bicyclic) bond motifs is 5. The molecule has 0 radical (unpaired) electrons. The van der Waals surface area contributed by atoms with Crippen LogP contribution in [0.4, 0.5) is 0 Å². The Balaban J connectivity index is 0.000000745. The number of hydrogen-bond donors (Lipinski definition) is 2. The maximum absolute atomic E-state index is 12.5. The van der Waals surface area contributed by atoms with Crippen LogP contribution in [0, 0.1) is 34.5 Å². The highest BCUT2D eigenvalue weighted by Gasteiger charge is 2.67. The third kappa shape index (κ3) is 7.35. The van der Waals surface area contributed by atoms with E-state index in [1.807, 2.05) is 0 Å². The number of quaternary nitrogens is 1. The van der Waals surface area contributed by atoms with Crippen molar-refractivity contribution in [2.24, 2.45) is 40.2 Å². The molecular weight excluding hydrogens is 650 g/mol. The van der Waals surface area contributed by atoms with Crippen LogP contribution in [0.25, 0.3) is 0 Å². The number of piperidine rings is 2. The Bertz CT molecular complexity index is 1080. The second-order valence-corrected chi connectivity index (χ2v) is 16.4. The maximum Gasteiger partial charge on any atom is 0.317 e. The summed E-state index contributed by atoms with van der Waals surface area (Å²) in [6, 6.07) is 0.796. The highest BCUT2D eigenvalue weighted by atomic mass is 79.9. The monoisotopic (exact) mass is 711 g/mol. The molecule has 0 unspecified atom stereocenters. The summed E-state index contributed by atoms with van der Waals surface area (Å²) in [6.07, 6.45) is 16.3. The summed E-state index contributed by atoms with van der Waals surface area (Å²) in [6.45, 7) is 12.8. The van der Waals surface area contributed by atoms with Gasteiger partial charge in [-0.2, -0.15) is 0 Å². The minimum absolute atomic E-state index is 0. The van der Waals surface area contributed by atoms with Crippen LogP contribution in [-0.4, -0.2) is 96.5 Å². The number of rotatable bonds is 5. The molecule has 2 heterocycles. The van der Waals surface area contributed by atoms with E-state index in [-0.39, 0.29) is 53.1 Å². The molecule has 264 valence electrons. The first-order chi connectivity index (χ1) is 21.3. The van der Waals surface area contributed by atoms with Gasteiger partial charge in [0.2, 0.25) is 0 Å². The molecular formula is C36H62BrN3O6. The predicted octanol–water partition coefficient (Wildman–Crippen LogP) is 2.00. The van der Waals surface area contributed by atoms with Gasteiger partial charge in [-0.05, 0) is 113 Å². The zero-order chi connectivity index (χ0) is 32.6. The Morgan fingerprint density at radius 3 is 2.07 bits per heavy atom. The molecule has 0 bridgehead atoms. The Hall–Kier alpha value is -1.23. The molecule has 0 amide bonds. The average Bonchev–Trinajstić information content (AvgIpc) is 3.30. The Kier molecular flexibility index (Phi) is 12.4. The number of halogens is 1. The molecule has 6 rings (SSSR count). The fraction of sp³-hybridized carbons (Fsp3) is 0.917. The van der Waals surface area contributed by atoms with Crippen molar-refractivity contribution >= 4 is 17.9 Å². The molecule has 46 heavy (non-hydrogen) atoms. The van der Waals surface area contributed by atoms with Gasteiger partial charge in [-0.1, -0.05) is 20.3 Å². The van der Waals surface area contributed by atoms with Gasteiger partial charge in [0.1, 0.15) is 12.1 Å². The van der Waals surface area contributed by atoms with Gasteiger partial charge in [0.25, 0.3) is 0 Å². The number of esters is 2. The van der Waals surface area contributed by atoms with Gasteiger partial charge in [-0.15, -0.1) is 0 Å². The van der Waals surface area contributed by atoms with E-state index in [9.17, 15) is 14.4 Å². The molecule has 6 aliphatic rings. The number of aliphatic carboxylic acids is 1. The normalized spacial score (nSPS) is 41.6. The Labute approximate surface area is 288 Å². The fourth-order valence-electron chi connectivity index (χ4n) is 11.7. The summed E-state index contributed by atoms with van der Waals surface area (Å²) in [5, 5.41) is 7.60. The number of nitrogens with zero attached hydrogens (tertiary/aromatic N) is 2. The van der Waals surface area contributed by atoms with Crippen molar-refractivity contribution in [2.75, 3.05) is 39.8 Å². The van der Waals surface area contributed by atoms with E-state index in [0.717, 1.165) is 29.9 Å². The minimum Gasteiger partial charge on any atom is -1.00 e. The zero-order valence-corrected chi connectivity index (χ0v) is 30.8. The summed E-state index contributed by atoms with van der Waals surface area (Å²) in [4.78, 5) is 36.6. The van der Waals surface area contributed by atoms with Gasteiger partial charge < -0.3 is 41.8 Å². The van der Waals surface area contributed by atoms with Gasteiger partial charge in [-0.25, -0.2) is 0 Å². The molecule has 3 N–H and O–H groups in total. The number of likely N-dealkylation sites (tertiary alicyclic amines) is 2. The van der Waals surface area contributed by atoms with Crippen LogP contribution in [0.2, 0.25) is 0 Å². The van der Waals surface area contributed by atoms with Crippen molar-refractivity contribution < 1.29 is 50.4 Å². The standard InChI is InChI=1S/C34H57N2O4.C2H5NO2.BrH/c1-23(37)39-31-20-25-12-13-26-27(34(25,4)22-29(31)35-16-8-6-9-17-35)14-15-33(3)28(26)21-30(32(33)40-24(2)38)36(5)18-10-7-11-19-36;3-1-2(4)5;/h25-32H,6-22H2,1-5H3;1,3H2,(H,4,5);1H/q+1;;/p-1/t25-,26+,27-,28-,29-,30-,31-,32-,33-,34-;;/m0../s1. The molecule has 4 saturated carbocycles. The van der Waals surface area contributed by atoms with Crippen molar-refractivity contribution in [3.8, 4) is 0 Å². The van der Waals surface area contributed by atoms with Gasteiger partial charge in [0.05, 0.1) is 26.7 Å². The molecule has 10 heteroatoms. The van der Waals surface area contributed by atoms with Crippen molar-refractivity contribution in [3.63, 3.8) is 0 Å². The zero-order valence-electron chi connectivity index (χ0n) is 29.2. The van der Waals surface area contributed by atoms with E-state index in [4.69, 9.17) is 14.6 Å². The number of hydrogen-bond acceptors (Lipinski definition) is 7. The molecule has 0 aromatic carbocycles. The Morgan fingerprint density at radius 2 is 1.48 bits per heavy atom. The second-order valence-electron chi connectivity index (χ2n) is 16.4. The first-order valence-corrected chi connectivity index (χ1v) is 18.2. The quantitative estimate of drug-likeness (QED) is 0.329. The second kappa shape index (κ2) is 15.1. The van der Waals surface area contributed by atoms with E-state index in [1.165, 1.54) is 90.1 Å². The lowest BCUT2D eigenvalue weighted by Crippen LogP contribution is -3.00. The van der Waals surface area contributed by atoms with Crippen LogP contribution in [0.3, 0.4) is 0 Å². The summed E-state index contributed by atoms with van der Waals surface area (Å²) in [5.74, 6) is 1.54. The van der Waals surface area contributed by atoms with E-state index >= 15 is 0 Å². The van der Waals surface area contributed by atoms with E-state index in [1.54, 1.807) is 13.8 Å². The van der Waals surface area contributed by atoms with Crippen molar-refractivity contribution in [1.82, 2.24) is 4.90 Å². The summed E-state index contributed by atoms with van der Waals surface area (Å²) in [5.41, 5.74) is 4.95. The van der Waals surface area contributed by atoms with Gasteiger partial charge in [0, 0.05) is 31.7 Å². The highest BCUT2D eigenvalue weighted by molar-refractivity contribution is 5.68. The number of carbonyl (C=O) groups excluding carboxylic acids is 2. The molecule has 0 spiro atoms. The van der Waals surface area contributed by atoms with Gasteiger partial charge in [-0.3, -0.25) is 19.3 Å². The number of nitrogens with two attached hydrogens (primary N) is 1. The number of likely N-dealkylation sites (N-methyl/N-ethyl adjacent to an activating group) is 1. The average molecular weight is 713 g/mol. The third-order valence-electron chi connectivity index (χ3n) is 13.9. The van der Waals surface area contributed by atoms with Gasteiger partial charge >= 0.3 is 17.9 Å². The molecule has 6 fully saturated rings. The lowest BCUT2D eigenvalue weighted by atomic mass is 9.44. The topological polar surface area (TPSA) is 119 Å². The van der Waals surface area contributed by atoms with E-state index in [2.05, 4.69) is 31.5 Å². The van der Waals surface area contributed by atoms with Crippen molar-refractivity contribution in [2.45, 2.75) is 135 Å². The molecule has 0 aromatic heterocycles. The largest absolute Gasteiger partial charge is 1.00 e. The third-order valence-corrected chi connectivity index (χ3v) is 13.9. The Morgan fingerprint density at radius 1 is 0.870 bits per heavy atom. The van der Waals surface area contributed by atoms with Crippen molar-refractivity contribution in [1.29, 1.82) is 0 Å². The van der Waals surface area contributed by atoms with Crippen LogP contribution >= 0.6 is 0 Å². The van der Waals surface area contributed by atoms with Crippen molar-refractivity contribution in [3.05, 3.63) is 0 Å². The van der Waals surface area contributed by atoms with E-state index < -0.39 is 5.97 Å². The number of carboxylic acid groups (broad SMARTS) is 1. The molecule has 10 atom stereocenters. The van der Waals surface area contributed by atoms with Crippen LogP contribution in [-0.2, 0) is 23.9 Å². The first kappa shape index (κ1) is 37.6. The summed E-state index contributed by atoms with van der Waals surface area (Å²) in [7, 11) is 2.47. The van der Waals surface area contributed by atoms with E-state index in [0.29, 0.717) is 35.3 Å². The molecule has 4 aliphatic carbocycles. The lowest BCUT2D eigenvalue weighted by Gasteiger charge is -2.62. The fourth-order valence-corrected chi connectivity index (χ4v) is 11.7. The van der Waals surface area contributed by atoms with Crippen LogP contribution in [0.15, 0.2) is 0 Å². The van der Waals surface area contributed by atoms with Crippen LogP contribution in [0.5, 0.6) is 0 Å². The minimum atomic E-state index is -0.968. The summed E-state index contributed by atoms with van der Waals surface area (Å²) < 4.78 is 13.5. The SMILES string of the molecule is CC(=O)O[C@H]1C[C@@H]2CC[C@@H]3[C@H](CC[C@@]4(C)[C@H]3C[C@H]([N+]3(C)CCCCC3)[C@@H]4OC(C)=O)[C@@]2(C)C[C@@H]1N1CCCCC1.NCC(=O)O.[Br-]. The number of carbonyl (C=O) groups is 3. The number of ether oxygens (including phenoxy) is 2. The smallest absolute Gasteiger partial charge is 0.317 e. The predicted molar refractivity (Wildman–Crippen MR) is 173 cm³/mol.